The summed E-state index contributed by atoms with van der Waals surface area (Å²) in [6, 6.07) is 0. The van der Waals surface area contributed by atoms with Crippen molar-refractivity contribution < 1.29 is 19.1 Å². The van der Waals surface area contributed by atoms with Gasteiger partial charge in [0.15, 0.2) is 0 Å². The Morgan fingerprint density at radius 1 is 0.833 bits per heavy atom. The third kappa shape index (κ3) is 5.22. The van der Waals surface area contributed by atoms with Gasteiger partial charge in [-0.25, -0.2) is 19.6 Å². The molecule has 0 saturated carbocycles. The van der Waals surface area contributed by atoms with Crippen molar-refractivity contribution in [2.24, 2.45) is 9.98 Å². The molecule has 8 nitrogen and oxygen atoms in total. The molecule has 0 aromatic rings. The Bertz CT molecular complexity index is 504. The molecule has 1 fully saturated rings. The molecule has 0 radical (unpaired) electrons. The molecule has 0 bridgehead atoms. The molecule has 0 aliphatic carbocycles. The maximum Gasteiger partial charge on any atom is 0.332 e. The Labute approximate surface area is 142 Å². The molecule has 0 atom stereocenters. The molecule has 1 aliphatic heterocycles. The fraction of sp³-hybridized carbons (Fsp3) is 0.500. The number of carbonyl (C=O) groups excluding carboxylic acids is 2. The highest BCUT2D eigenvalue weighted by molar-refractivity contribution is 6.16. The van der Waals surface area contributed by atoms with E-state index in [-0.39, 0.29) is 0 Å². The van der Waals surface area contributed by atoms with Crippen LogP contribution in [0.3, 0.4) is 0 Å². The summed E-state index contributed by atoms with van der Waals surface area (Å²) in [5.74, 6) is 0.504. The van der Waals surface area contributed by atoms with Gasteiger partial charge in [-0.1, -0.05) is 0 Å². The van der Waals surface area contributed by atoms with Crippen molar-refractivity contribution in [3.63, 3.8) is 0 Å². The molecular weight excluding hydrogens is 312 g/mol. The van der Waals surface area contributed by atoms with Crippen LogP contribution in [0.5, 0.6) is 0 Å². The highest BCUT2D eigenvalue weighted by Crippen LogP contribution is 2.16. The summed E-state index contributed by atoms with van der Waals surface area (Å²) in [6.45, 7) is 9.38. The monoisotopic (exact) mass is 336 g/mol. The zero-order chi connectivity index (χ0) is 17.9. The third-order valence-corrected chi connectivity index (χ3v) is 2.97. The summed E-state index contributed by atoms with van der Waals surface area (Å²) in [4.78, 5) is 34.8. The molecule has 0 amide bonds. The van der Waals surface area contributed by atoms with E-state index in [0.29, 0.717) is 38.2 Å². The van der Waals surface area contributed by atoms with E-state index in [1.54, 1.807) is 13.8 Å². The van der Waals surface area contributed by atoms with Crippen molar-refractivity contribution in [3.05, 3.63) is 24.6 Å². The lowest BCUT2D eigenvalue weighted by Crippen LogP contribution is -2.65. The van der Waals surface area contributed by atoms with Crippen LogP contribution in [-0.2, 0) is 19.1 Å². The van der Waals surface area contributed by atoms with Crippen molar-refractivity contribution in [2.75, 3.05) is 26.3 Å². The Morgan fingerprint density at radius 3 is 1.50 bits per heavy atom. The Kier molecular flexibility index (Phi) is 8.24. The molecule has 0 aromatic carbocycles. The van der Waals surface area contributed by atoms with Crippen molar-refractivity contribution in [2.45, 2.75) is 27.7 Å². The number of hydrogen-bond donors (Lipinski definition) is 0. The Morgan fingerprint density at radius 2 is 1.21 bits per heavy atom. The van der Waals surface area contributed by atoms with E-state index >= 15 is 0 Å². The van der Waals surface area contributed by atoms with E-state index in [9.17, 15) is 9.59 Å². The first-order chi connectivity index (χ1) is 11.6. The number of esters is 2. The largest absolute Gasteiger partial charge is 0.463 e. The first-order valence-corrected chi connectivity index (χ1v) is 7.96. The van der Waals surface area contributed by atoms with Gasteiger partial charge in [-0.2, -0.15) is 0 Å². The molecule has 132 valence electrons. The summed E-state index contributed by atoms with van der Waals surface area (Å²) in [5, 5.41) is 0. The van der Waals surface area contributed by atoms with Gasteiger partial charge in [0.25, 0.3) is 0 Å². The smallest absolute Gasteiger partial charge is 0.332 e. The van der Waals surface area contributed by atoms with Crippen molar-refractivity contribution in [3.8, 4) is 0 Å². The number of nitrogens with zero attached hydrogens (tertiary/aromatic N) is 4. The third-order valence-electron chi connectivity index (χ3n) is 2.97. The lowest BCUT2D eigenvalue weighted by Gasteiger charge is -2.45. The highest BCUT2D eigenvalue weighted by atomic mass is 16.5. The van der Waals surface area contributed by atoms with Crippen LogP contribution in [0.4, 0.5) is 0 Å². The summed E-state index contributed by atoms with van der Waals surface area (Å²) in [6.07, 6.45) is 5.36. The van der Waals surface area contributed by atoms with Gasteiger partial charge in [-0.05, 0) is 27.7 Å². The molecule has 0 N–H and O–H groups in total. The van der Waals surface area contributed by atoms with Crippen LogP contribution >= 0.6 is 0 Å². The normalized spacial score (nSPS) is 14.2. The first-order valence-electron chi connectivity index (χ1n) is 7.96. The Hall–Kier alpha value is -2.64. The van der Waals surface area contributed by atoms with Crippen molar-refractivity contribution >= 4 is 23.9 Å². The van der Waals surface area contributed by atoms with Crippen molar-refractivity contribution in [1.29, 1.82) is 0 Å². The predicted molar refractivity (Wildman–Crippen MR) is 91.2 cm³/mol. The second-order valence-corrected chi connectivity index (χ2v) is 4.48. The van der Waals surface area contributed by atoms with Crippen LogP contribution in [0.2, 0.25) is 0 Å². The van der Waals surface area contributed by atoms with Crippen LogP contribution < -0.4 is 0 Å². The quantitative estimate of drug-likeness (QED) is 0.493. The van der Waals surface area contributed by atoms with Gasteiger partial charge in [0, 0.05) is 37.6 Å². The second-order valence-electron chi connectivity index (χ2n) is 4.48. The minimum Gasteiger partial charge on any atom is -0.463 e. The van der Waals surface area contributed by atoms with E-state index in [1.807, 2.05) is 23.6 Å². The molecule has 1 rings (SSSR count). The maximum absolute atomic E-state index is 11.3. The van der Waals surface area contributed by atoms with Gasteiger partial charge in [0.2, 0.25) is 11.9 Å². The number of carbonyl (C=O) groups is 2. The fourth-order valence-electron chi connectivity index (χ4n) is 1.98. The average molecular weight is 336 g/mol. The summed E-state index contributed by atoms with van der Waals surface area (Å²) in [5.41, 5.74) is 0. The van der Waals surface area contributed by atoms with E-state index in [4.69, 9.17) is 9.47 Å². The van der Waals surface area contributed by atoms with Crippen LogP contribution in [0, 0.1) is 0 Å². The van der Waals surface area contributed by atoms with E-state index < -0.39 is 11.9 Å². The maximum atomic E-state index is 11.3. The summed E-state index contributed by atoms with van der Waals surface area (Å²) >= 11 is 0. The van der Waals surface area contributed by atoms with Crippen LogP contribution in [0.25, 0.3) is 0 Å². The molecule has 0 unspecified atom stereocenters. The van der Waals surface area contributed by atoms with Gasteiger partial charge in [-0.15, -0.1) is 0 Å². The molecule has 1 saturated heterocycles. The molecule has 24 heavy (non-hydrogen) atoms. The summed E-state index contributed by atoms with van der Waals surface area (Å²) in [7, 11) is 0. The predicted octanol–water partition coefficient (Wildman–Crippen LogP) is 1.51. The lowest BCUT2D eigenvalue weighted by atomic mass is 10.4. The average Bonchev–Trinajstić information content (AvgIpc) is 2.54. The zero-order valence-corrected chi connectivity index (χ0v) is 14.6. The molecule has 0 spiro atoms. The lowest BCUT2D eigenvalue weighted by molar-refractivity contribution is -0.138. The molecule has 0 aromatic heterocycles. The topological polar surface area (TPSA) is 83.8 Å². The zero-order valence-electron chi connectivity index (χ0n) is 14.6. The number of hydrogen-bond acceptors (Lipinski definition) is 6. The van der Waals surface area contributed by atoms with E-state index in [2.05, 4.69) is 9.98 Å². The summed E-state index contributed by atoms with van der Waals surface area (Å²) < 4.78 is 9.60. The van der Waals surface area contributed by atoms with Crippen LogP contribution in [-0.4, -0.2) is 60.0 Å². The van der Waals surface area contributed by atoms with Gasteiger partial charge in [0.05, 0.1) is 13.2 Å². The van der Waals surface area contributed by atoms with Crippen molar-refractivity contribution in [1.82, 2.24) is 9.80 Å². The van der Waals surface area contributed by atoms with Crippen LogP contribution in [0.15, 0.2) is 34.5 Å². The number of guanidine groups is 2. The number of rotatable bonds is 8. The Balaban J connectivity index is 2.81. The van der Waals surface area contributed by atoms with Crippen LogP contribution in [0.1, 0.15) is 27.7 Å². The number of ether oxygens (including phenoxy) is 2. The standard InChI is InChI=1S/C16H24N4O4/c1-5-19-15(17-11-9-13(21)23-7-3)20(6-2)16(19)18-12-10-14(22)24-8-4/h9-12H,5-8H2,1-4H3/b11-9+,12-10+,17-15?,18-16?. The SMILES string of the molecule is CCOC(=O)/C=C/N=C1N(CC)C(=N/C=C/C(=O)OCC)N1CC. The molecule has 1 aliphatic rings. The number of aliphatic imine (C=N–C) groups is 2. The van der Waals surface area contributed by atoms with Gasteiger partial charge >= 0.3 is 11.9 Å². The van der Waals surface area contributed by atoms with Gasteiger partial charge < -0.3 is 9.47 Å². The molecule has 1 heterocycles. The molecular formula is C16H24N4O4. The molecule has 8 heteroatoms. The highest BCUT2D eigenvalue weighted by Gasteiger charge is 2.36. The minimum absolute atomic E-state index is 0.325. The van der Waals surface area contributed by atoms with Gasteiger partial charge in [-0.3, -0.25) is 9.80 Å². The minimum atomic E-state index is -0.432. The fourth-order valence-corrected chi connectivity index (χ4v) is 1.98. The van der Waals surface area contributed by atoms with E-state index in [0.717, 1.165) is 0 Å². The van der Waals surface area contributed by atoms with E-state index in [1.165, 1.54) is 24.6 Å². The van der Waals surface area contributed by atoms with Gasteiger partial charge in [0.1, 0.15) is 0 Å². The second kappa shape index (κ2) is 10.2. The first kappa shape index (κ1) is 19.4.